The van der Waals surface area contributed by atoms with E-state index in [-0.39, 0.29) is 0 Å². The van der Waals surface area contributed by atoms with E-state index in [0.717, 1.165) is 11.4 Å². The fourth-order valence-corrected chi connectivity index (χ4v) is 10.4. The van der Waals surface area contributed by atoms with E-state index in [4.69, 9.17) is 0 Å². The third-order valence-electron chi connectivity index (χ3n) is 12.9. The highest BCUT2D eigenvalue weighted by Crippen LogP contribution is 2.64. The molecule has 0 bridgehead atoms. The van der Waals surface area contributed by atoms with E-state index in [9.17, 15) is 0 Å². The minimum atomic E-state index is -0.531. The van der Waals surface area contributed by atoms with E-state index in [1.165, 1.54) is 112 Å². The summed E-state index contributed by atoms with van der Waals surface area (Å²) in [6.45, 7) is 17.7. The van der Waals surface area contributed by atoms with E-state index < -0.39 is 5.41 Å². The van der Waals surface area contributed by atoms with Gasteiger partial charge in [0.2, 0.25) is 0 Å². The van der Waals surface area contributed by atoms with Crippen molar-refractivity contribution in [2.24, 2.45) is 0 Å². The molecule has 0 heterocycles. The van der Waals surface area contributed by atoms with Crippen molar-refractivity contribution < 1.29 is 0 Å². The van der Waals surface area contributed by atoms with E-state index in [2.05, 4.69) is 223 Å². The van der Waals surface area contributed by atoms with Gasteiger partial charge in [0.25, 0.3) is 0 Å². The molecule has 0 N–H and O–H groups in total. The molecular formula is C57H50N2. The molecule has 0 fully saturated rings. The largest absolute Gasteiger partial charge is 0.310 e. The molecule has 10 rings (SSSR count). The average molecular weight is 763 g/mol. The number of benzene rings is 8. The molecule has 2 aliphatic rings. The summed E-state index contributed by atoms with van der Waals surface area (Å²) in [5, 5.41) is 0. The van der Waals surface area contributed by atoms with Gasteiger partial charge in [0, 0.05) is 34.1 Å². The molecule has 0 amide bonds. The third kappa shape index (κ3) is 5.61. The number of hydrogen-bond acceptors (Lipinski definition) is 2. The van der Waals surface area contributed by atoms with E-state index in [1.54, 1.807) is 0 Å². The lowest BCUT2D eigenvalue weighted by atomic mass is 9.70. The first-order chi connectivity index (χ1) is 28.5. The monoisotopic (exact) mass is 762 g/mol. The molecule has 0 unspecified atom stereocenters. The summed E-state index contributed by atoms with van der Waals surface area (Å²) in [6, 6.07) is 60.1. The highest BCUT2D eigenvalue weighted by atomic mass is 15.2. The van der Waals surface area contributed by atoms with Crippen LogP contribution in [-0.2, 0) is 5.41 Å². The lowest BCUT2D eigenvalue weighted by Gasteiger charge is -2.34. The Morgan fingerprint density at radius 2 is 0.593 bits per heavy atom. The fraction of sp³-hybridized carbons (Fsp3) is 0.158. The Morgan fingerprint density at radius 1 is 0.288 bits per heavy atom. The summed E-state index contributed by atoms with van der Waals surface area (Å²) in [5.41, 5.74) is 27.1. The second-order valence-electron chi connectivity index (χ2n) is 17.1. The Hall–Kier alpha value is -6.64. The van der Waals surface area contributed by atoms with Gasteiger partial charge in [-0.25, -0.2) is 0 Å². The summed E-state index contributed by atoms with van der Waals surface area (Å²) >= 11 is 0. The van der Waals surface area contributed by atoms with Crippen LogP contribution in [0.3, 0.4) is 0 Å². The Bertz CT molecular complexity index is 2690. The van der Waals surface area contributed by atoms with Crippen LogP contribution in [0.2, 0.25) is 0 Å². The highest BCUT2D eigenvalue weighted by Gasteiger charge is 2.52. The summed E-state index contributed by atoms with van der Waals surface area (Å²) in [5.74, 6) is 0. The number of rotatable bonds is 6. The number of fused-ring (bicyclic) bond motifs is 10. The molecule has 0 aliphatic heterocycles. The maximum Gasteiger partial charge on any atom is 0.0727 e. The molecule has 0 aromatic heterocycles. The summed E-state index contributed by atoms with van der Waals surface area (Å²) < 4.78 is 0. The maximum absolute atomic E-state index is 2.51. The Labute approximate surface area is 350 Å². The lowest BCUT2D eigenvalue weighted by Crippen LogP contribution is -2.26. The maximum atomic E-state index is 2.51. The average Bonchev–Trinajstić information content (AvgIpc) is 3.68. The first kappa shape index (κ1) is 36.7. The molecule has 1 spiro atoms. The Morgan fingerprint density at radius 3 is 0.915 bits per heavy atom. The van der Waals surface area contributed by atoms with Gasteiger partial charge in [0.15, 0.2) is 0 Å². The molecule has 0 saturated heterocycles. The zero-order valence-electron chi connectivity index (χ0n) is 35.4. The van der Waals surface area contributed by atoms with Crippen molar-refractivity contribution in [1.82, 2.24) is 0 Å². The highest BCUT2D eigenvalue weighted by molar-refractivity contribution is 5.98. The van der Waals surface area contributed by atoms with Gasteiger partial charge in [-0.2, -0.15) is 0 Å². The number of hydrogen-bond donors (Lipinski definition) is 0. The molecule has 2 nitrogen and oxygen atoms in total. The van der Waals surface area contributed by atoms with Crippen molar-refractivity contribution in [1.29, 1.82) is 0 Å². The number of anilines is 6. The predicted molar refractivity (Wildman–Crippen MR) is 250 cm³/mol. The lowest BCUT2D eigenvalue weighted by molar-refractivity contribution is 0.793. The SMILES string of the molecule is Cc1ccc(N(c2ccc3c(c2)C2(c4ccccc4-c4ccccc42)c2cc(N(c4ccc(C)cc4C)c4ccc(C)cc4C)ccc2-3)c2ccc(C)cc2C)c(C)c1. The Kier molecular flexibility index (Phi) is 8.54. The summed E-state index contributed by atoms with van der Waals surface area (Å²) in [7, 11) is 0. The smallest absolute Gasteiger partial charge is 0.0727 e. The van der Waals surface area contributed by atoms with Crippen LogP contribution in [0.4, 0.5) is 34.1 Å². The topological polar surface area (TPSA) is 6.48 Å². The van der Waals surface area contributed by atoms with Crippen molar-refractivity contribution in [3.05, 3.63) is 224 Å². The number of aryl methyl sites for hydroxylation is 8. The third-order valence-corrected chi connectivity index (χ3v) is 12.9. The molecule has 0 atom stereocenters. The first-order valence-electron chi connectivity index (χ1n) is 20.9. The van der Waals surface area contributed by atoms with Gasteiger partial charge in [0.05, 0.1) is 5.41 Å². The Balaban J connectivity index is 1.27. The van der Waals surface area contributed by atoms with Crippen LogP contribution in [0.5, 0.6) is 0 Å². The summed E-state index contributed by atoms with van der Waals surface area (Å²) in [6.07, 6.45) is 0. The van der Waals surface area contributed by atoms with Crippen molar-refractivity contribution in [2.75, 3.05) is 9.80 Å². The zero-order valence-corrected chi connectivity index (χ0v) is 35.4. The minimum Gasteiger partial charge on any atom is -0.310 e. The quantitative estimate of drug-likeness (QED) is 0.166. The van der Waals surface area contributed by atoms with Gasteiger partial charge in [0.1, 0.15) is 0 Å². The van der Waals surface area contributed by atoms with E-state index in [1.807, 2.05) is 0 Å². The molecule has 288 valence electrons. The van der Waals surface area contributed by atoms with Crippen molar-refractivity contribution >= 4 is 34.1 Å². The molecule has 8 aromatic carbocycles. The van der Waals surface area contributed by atoms with Gasteiger partial charge in [-0.05, 0) is 171 Å². The predicted octanol–water partition coefficient (Wildman–Crippen LogP) is 15.4. The van der Waals surface area contributed by atoms with Crippen LogP contribution in [-0.4, -0.2) is 0 Å². The minimum absolute atomic E-state index is 0.531. The molecular weight excluding hydrogens is 713 g/mol. The van der Waals surface area contributed by atoms with Gasteiger partial charge in [-0.3, -0.25) is 0 Å². The molecule has 0 saturated carbocycles. The molecule has 0 radical (unpaired) electrons. The van der Waals surface area contributed by atoms with Crippen molar-refractivity contribution in [3.8, 4) is 22.3 Å². The second kappa shape index (κ2) is 13.7. The van der Waals surface area contributed by atoms with E-state index in [0.29, 0.717) is 0 Å². The second-order valence-corrected chi connectivity index (χ2v) is 17.1. The van der Waals surface area contributed by atoms with Crippen LogP contribution in [0.25, 0.3) is 22.3 Å². The van der Waals surface area contributed by atoms with Gasteiger partial charge < -0.3 is 9.80 Å². The molecule has 2 aliphatic carbocycles. The van der Waals surface area contributed by atoms with Crippen LogP contribution in [0, 0.1) is 55.4 Å². The van der Waals surface area contributed by atoms with Gasteiger partial charge in [-0.1, -0.05) is 131 Å². The fourth-order valence-electron chi connectivity index (χ4n) is 10.4. The van der Waals surface area contributed by atoms with Crippen LogP contribution in [0.15, 0.2) is 158 Å². The number of nitrogens with zero attached hydrogens (tertiary/aromatic N) is 2. The molecule has 8 aromatic rings. The van der Waals surface area contributed by atoms with Crippen LogP contribution >= 0.6 is 0 Å². The summed E-state index contributed by atoms with van der Waals surface area (Å²) in [4.78, 5) is 4.97. The van der Waals surface area contributed by atoms with E-state index >= 15 is 0 Å². The molecule has 2 heteroatoms. The molecule has 59 heavy (non-hydrogen) atoms. The normalized spacial score (nSPS) is 12.9. The van der Waals surface area contributed by atoms with Crippen molar-refractivity contribution in [2.45, 2.75) is 60.8 Å². The first-order valence-corrected chi connectivity index (χ1v) is 20.9. The van der Waals surface area contributed by atoms with Gasteiger partial charge in [-0.15, -0.1) is 0 Å². The standard InChI is InChI=1S/C57H50N2/c1-35-17-25-53(39(5)29-35)58(54-26-18-36(2)30-40(54)6)43-21-23-47-48-24-22-44(59(55-27-19-37(3)31-41(55)7)56-28-20-38(4)32-42(56)8)34-52(48)57(51(47)33-43)49-15-11-9-13-45(49)46-14-10-12-16-50(46)57/h9-34H,1-8H3. The van der Waals surface area contributed by atoms with Crippen LogP contribution < -0.4 is 9.80 Å². The van der Waals surface area contributed by atoms with Crippen LogP contribution in [0.1, 0.15) is 66.8 Å². The van der Waals surface area contributed by atoms with Crippen molar-refractivity contribution in [3.63, 3.8) is 0 Å². The van der Waals surface area contributed by atoms with Gasteiger partial charge >= 0.3 is 0 Å². The zero-order chi connectivity index (χ0) is 40.7.